The minimum atomic E-state index is -1.93. The molecule has 0 aliphatic carbocycles. The third-order valence-electron chi connectivity index (χ3n) is 1.39. The highest BCUT2D eigenvalue weighted by molar-refractivity contribution is 6.69. The van der Waals surface area contributed by atoms with Crippen LogP contribution in [0.25, 0.3) is 0 Å². The fraction of sp³-hybridized carbons (Fsp3) is 0.750. The average molecular weight is 220 g/mol. The lowest BCUT2D eigenvalue weighted by Gasteiger charge is -2.22. The van der Waals surface area contributed by atoms with E-state index < -0.39 is 26.4 Å². The summed E-state index contributed by atoms with van der Waals surface area (Å²) >= 11 is 0. The maximum Gasteiger partial charge on any atom is 0.331 e. The molecule has 0 amide bonds. The molecule has 0 heterocycles. The van der Waals surface area contributed by atoms with Crippen molar-refractivity contribution in [2.75, 3.05) is 0 Å². The molecule has 0 aromatic rings. The Hall–Kier alpha value is -0.883. The Morgan fingerprint density at radius 1 is 1.29 bits per heavy atom. The summed E-state index contributed by atoms with van der Waals surface area (Å²) in [5.41, 5.74) is 0. The zero-order valence-electron chi connectivity index (χ0n) is 8.61. The van der Waals surface area contributed by atoms with Gasteiger partial charge in [0.2, 0.25) is 0 Å². The largest absolute Gasteiger partial charge is 0.481 e. The average Bonchev–Trinajstić information content (AvgIpc) is 1.94. The molecule has 0 fully saturated rings. The van der Waals surface area contributed by atoms with Crippen LogP contribution in [0, 0.1) is 0 Å². The Morgan fingerprint density at radius 3 is 2.07 bits per heavy atom. The van der Waals surface area contributed by atoms with Crippen LogP contribution in [0.2, 0.25) is 19.6 Å². The second-order valence-electron chi connectivity index (χ2n) is 3.99. The molecule has 0 rings (SSSR count). The summed E-state index contributed by atoms with van der Waals surface area (Å²) in [5.74, 6) is -2.09. The van der Waals surface area contributed by atoms with Crippen molar-refractivity contribution in [1.82, 2.24) is 0 Å². The Balaban J connectivity index is 4.17. The Labute approximate surface area is 83.8 Å². The van der Waals surface area contributed by atoms with Crippen LogP contribution in [-0.2, 0) is 14.0 Å². The van der Waals surface area contributed by atoms with Crippen molar-refractivity contribution in [2.45, 2.75) is 38.6 Å². The summed E-state index contributed by atoms with van der Waals surface area (Å²) in [7, 11) is -1.93. The van der Waals surface area contributed by atoms with Crippen molar-refractivity contribution in [3.05, 3.63) is 0 Å². The first-order valence-corrected chi connectivity index (χ1v) is 7.75. The maximum atomic E-state index is 10.7. The van der Waals surface area contributed by atoms with Gasteiger partial charge in [0.15, 0.2) is 8.32 Å². The van der Waals surface area contributed by atoms with Gasteiger partial charge in [-0.1, -0.05) is 0 Å². The third-order valence-corrected chi connectivity index (χ3v) is 2.38. The van der Waals surface area contributed by atoms with E-state index in [0.717, 1.165) is 0 Å². The van der Waals surface area contributed by atoms with E-state index in [0.29, 0.717) is 0 Å². The molecule has 14 heavy (non-hydrogen) atoms. The van der Waals surface area contributed by atoms with Crippen molar-refractivity contribution < 1.29 is 24.2 Å². The molecule has 0 bridgehead atoms. The molecule has 0 saturated carbocycles. The van der Waals surface area contributed by atoms with E-state index in [1.165, 1.54) is 0 Å². The predicted octanol–water partition coefficient (Wildman–Crippen LogP) is 1.16. The molecule has 0 aromatic carbocycles. The zero-order chi connectivity index (χ0) is 11.4. The van der Waals surface area contributed by atoms with Crippen molar-refractivity contribution in [2.24, 2.45) is 0 Å². The lowest BCUT2D eigenvalue weighted by molar-refractivity contribution is -0.146. The second-order valence-corrected chi connectivity index (χ2v) is 8.45. The van der Waals surface area contributed by atoms with Gasteiger partial charge in [0.25, 0.3) is 0 Å². The summed E-state index contributed by atoms with van der Waals surface area (Å²) in [6.45, 7) is 5.59. The first-order chi connectivity index (χ1) is 6.22. The number of carbonyl (C=O) groups is 2. The summed E-state index contributed by atoms with van der Waals surface area (Å²) < 4.78 is 5.33. The van der Waals surface area contributed by atoms with Gasteiger partial charge in [-0.3, -0.25) is 4.79 Å². The van der Waals surface area contributed by atoms with Gasteiger partial charge < -0.3 is 14.6 Å². The van der Waals surface area contributed by atoms with Crippen molar-refractivity contribution in [1.29, 1.82) is 0 Å². The SMILES string of the molecule is C[Si](C)(C)OC(CCC(=O)O)C(=O)O. The van der Waals surface area contributed by atoms with Crippen LogP contribution in [0.1, 0.15) is 12.8 Å². The first-order valence-electron chi connectivity index (χ1n) is 4.35. The predicted molar refractivity (Wildman–Crippen MR) is 52.7 cm³/mol. The molecule has 82 valence electrons. The number of hydrogen-bond acceptors (Lipinski definition) is 3. The van der Waals surface area contributed by atoms with E-state index in [2.05, 4.69) is 0 Å². The highest BCUT2D eigenvalue weighted by Crippen LogP contribution is 2.11. The number of carboxylic acid groups (broad SMARTS) is 2. The Kier molecular flexibility index (Phi) is 4.79. The van der Waals surface area contributed by atoms with Gasteiger partial charge in [-0.25, -0.2) is 4.79 Å². The molecule has 6 heteroatoms. The van der Waals surface area contributed by atoms with Gasteiger partial charge in [-0.15, -0.1) is 0 Å². The van der Waals surface area contributed by atoms with Crippen LogP contribution in [-0.4, -0.2) is 36.6 Å². The van der Waals surface area contributed by atoms with Gasteiger partial charge in [-0.05, 0) is 26.1 Å². The number of carboxylic acids is 2. The molecule has 0 spiro atoms. The molecule has 2 N–H and O–H groups in total. The van der Waals surface area contributed by atoms with Crippen LogP contribution in [0.4, 0.5) is 0 Å². The summed E-state index contributed by atoms with van der Waals surface area (Å²) in [6, 6.07) is 0. The quantitative estimate of drug-likeness (QED) is 0.656. The zero-order valence-corrected chi connectivity index (χ0v) is 9.61. The number of rotatable bonds is 6. The van der Waals surface area contributed by atoms with E-state index in [4.69, 9.17) is 14.6 Å². The van der Waals surface area contributed by atoms with Gasteiger partial charge in [0.05, 0.1) is 0 Å². The fourth-order valence-electron chi connectivity index (χ4n) is 0.914. The van der Waals surface area contributed by atoms with Gasteiger partial charge in [0, 0.05) is 6.42 Å². The first kappa shape index (κ1) is 13.1. The van der Waals surface area contributed by atoms with Crippen LogP contribution in [0.15, 0.2) is 0 Å². The molecule has 1 unspecified atom stereocenters. The van der Waals surface area contributed by atoms with E-state index in [1.807, 2.05) is 19.6 Å². The Morgan fingerprint density at radius 2 is 1.79 bits per heavy atom. The minimum Gasteiger partial charge on any atom is -0.481 e. The van der Waals surface area contributed by atoms with E-state index in [9.17, 15) is 9.59 Å². The molecule has 0 saturated heterocycles. The van der Waals surface area contributed by atoms with Gasteiger partial charge in [0.1, 0.15) is 6.10 Å². The summed E-state index contributed by atoms with van der Waals surface area (Å²) in [4.78, 5) is 20.9. The van der Waals surface area contributed by atoms with Gasteiger partial charge in [-0.2, -0.15) is 0 Å². The van der Waals surface area contributed by atoms with Crippen LogP contribution >= 0.6 is 0 Å². The Bertz CT molecular complexity index is 220. The van der Waals surface area contributed by atoms with E-state index in [1.54, 1.807) is 0 Å². The van der Waals surface area contributed by atoms with E-state index >= 15 is 0 Å². The highest BCUT2D eigenvalue weighted by Gasteiger charge is 2.26. The standard InChI is InChI=1S/C8H16O5Si/c1-14(2,3)13-6(8(11)12)4-5-7(9)10/h6H,4-5H2,1-3H3,(H,9,10)(H,11,12). The fourth-order valence-corrected chi connectivity index (χ4v) is 1.99. The second kappa shape index (κ2) is 5.11. The smallest absolute Gasteiger partial charge is 0.331 e. The minimum absolute atomic E-state index is 0.0228. The van der Waals surface area contributed by atoms with Crippen molar-refractivity contribution in [3.63, 3.8) is 0 Å². The molecular formula is C8H16O5Si. The van der Waals surface area contributed by atoms with Gasteiger partial charge >= 0.3 is 11.9 Å². The molecule has 0 radical (unpaired) electrons. The lowest BCUT2D eigenvalue weighted by Crippen LogP contribution is -2.36. The molecule has 5 nitrogen and oxygen atoms in total. The maximum absolute atomic E-state index is 10.7. The molecule has 0 aromatic heterocycles. The van der Waals surface area contributed by atoms with Crippen LogP contribution in [0.3, 0.4) is 0 Å². The summed E-state index contributed by atoms with van der Waals surface area (Å²) in [6.07, 6.45) is -1.14. The van der Waals surface area contributed by atoms with Crippen molar-refractivity contribution in [3.8, 4) is 0 Å². The molecule has 1 atom stereocenters. The normalized spacial score (nSPS) is 13.6. The summed E-state index contributed by atoms with van der Waals surface area (Å²) in [5, 5.41) is 17.2. The van der Waals surface area contributed by atoms with E-state index in [-0.39, 0.29) is 12.8 Å². The van der Waals surface area contributed by atoms with Crippen LogP contribution < -0.4 is 0 Å². The highest BCUT2D eigenvalue weighted by atomic mass is 28.4. The third kappa shape index (κ3) is 6.61. The molecule has 0 aliphatic rings. The lowest BCUT2D eigenvalue weighted by atomic mass is 10.2. The number of hydrogen-bond donors (Lipinski definition) is 2. The van der Waals surface area contributed by atoms with Crippen molar-refractivity contribution >= 4 is 20.3 Å². The monoisotopic (exact) mass is 220 g/mol. The molecule has 0 aliphatic heterocycles. The van der Waals surface area contributed by atoms with Crippen LogP contribution in [0.5, 0.6) is 0 Å². The topological polar surface area (TPSA) is 83.8 Å². The number of aliphatic carboxylic acids is 2. The molecular weight excluding hydrogens is 204 g/mol.